The number of rotatable bonds is 5. The van der Waals surface area contributed by atoms with Crippen molar-refractivity contribution in [1.82, 2.24) is 9.97 Å². The fourth-order valence-corrected chi connectivity index (χ4v) is 1.78. The minimum absolute atomic E-state index is 0.291. The van der Waals surface area contributed by atoms with Gasteiger partial charge in [-0.25, -0.2) is 4.98 Å². The molecule has 1 aromatic carbocycles. The van der Waals surface area contributed by atoms with Crippen molar-refractivity contribution in [3.05, 3.63) is 46.3 Å². The highest BCUT2D eigenvalue weighted by Gasteiger charge is 2.04. The zero-order valence-electron chi connectivity index (χ0n) is 10.4. The van der Waals surface area contributed by atoms with Crippen molar-refractivity contribution < 1.29 is 4.74 Å². The van der Waals surface area contributed by atoms with Gasteiger partial charge in [0.25, 0.3) is 0 Å². The molecular weight excluding hydrogens is 285 g/mol. The van der Waals surface area contributed by atoms with E-state index < -0.39 is 0 Å². The highest BCUT2D eigenvalue weighted by Crippen LogP contribution is 2.28. The van der Waals surface area contributed by atoms with Gasteiger partial charge in [0, 0.05) is 17.6 Å². The van der Waals surface area contributed by atoms with Crippen LogP contribution in [0.2, 0.25) is 10.0 Å². The first kappa shape index (κ1) is 13.9. The Bertz CT molecular complexity index is 546. The molecule has 0 unspecified atom stereocenters. The van der Waals surface area contributed by atoms with E-state index in [1.54, 1.807) is 30.6 Å². The first-order valence-electron chi connectivity index (χ1n) is 5.81. The van der Waals surface area contributed by atoms with Crippen LogP contribution in [0.3, 0.4) is 0 Å². The molecular formula is C13H13Cl2N3O. The van der Waals surface area contributed by atoms with Crippen LogP contribution in [0.15, 0.2) is 30.6 Å². The van der Waals surface area contributed by atoms with Crippen molar-refractivity contribution in [2.45, 2.75) is 13.5 Å². The summed E-state index contributed by atoms with van der Waals surface area (Å²) in [5, 5.41) is 4.16. The number of nitrogens with zero attached hydrogens (tertiary/aromatic N) is 2. The lowest BCUT2D eigenvalue weighted by Gasteiger charge is -2.08. The van der Waals surface area contributed by atoms with Gasteiger partial charge in [0.05, 0.1) is 23.1 Å². The van der Waals surface area contributed by atoms with Crippen molar-refractivity contribution in [2.24, 2.45) is 0 Å². The summed E-state index contributed by atoms with van der Waals surface area (Å²) in [4.78, 5) is 8.45. The van der Waals surface area contributed by atoms with Crippen LogP contribution in [0.4, 0.5) is 5.82 Å². The summed E-state index contributed by atoms with van der Waals surface area (Å²) in [6.07, 6.45) is 3.33. The molecule has 0 aliphatic heterocycles. The Balaban J connectivity index is 2.00. The summed E-state index contributed by atoms with van der Waals surface area (Å²) in [7, 11) is 0. The van der Waals surface area contributed by atoms with E-state index in [0.717, 1.165) is 18.1 Å². The van der Waals surface area contributed by atoms with Gasteiger partial charge in [-0.2, -0.15) is 0 Å². The molecule has 0 aliphatic carbocycles. The van der Waals surface area contributed by atoms with Crippen LogP contribution < -0.4 is 10.1 Å². The van der Waals surface area contributed by atoms with Crippen LogP contribution in [0.5, 0.6) is 5.75 Å². The van der Waals surface area contributed by atoms with Gasteiger partial charge >= 0.3 is 0 Å². The SMILES string of the molecule is CCNc1cnc(COc2cc(Cl)ccc2Cl)cn1. The molecule has 1 heterocycles. The van der Waals surface area contributed by atoms with Gasteiger partial charge in [-0.15, -0.1) is 0 Å². The third-order valence-electron chi connectivity index (χ3n) is 2.33. The third-order valence-corrected chi connectivity index (χ3v) is 2.88. The second kappa shape index (κ2) is 6.59. The highest BCUT2D eigenvalue weighted by atomic mass is 35.5. The van der Waals surface area contributed by atoms with Crippen LogP contribution in [-0.4, -0.2) is 16.5 Å². The molecule has 0 spiro atoms. The number of hydrogen-bond acceptors (Lipinski definition) is 4. The first-order valence-corrected chi connectivity index (χ1v) is 6.57. The van der Waals surface area contributed by atoms with Crippen molar-refractivity contribution in [1.29, 1.82) is 0 Å². The molecule has 100 valence electrons. The van der Waals surface area contributed by atoms with Crippen molar-refractivity contribution in [3.8, 4) is 5.75 Å². The highest BCUT2D eigenvalue weighted by molar-refractivity contribution is 6.34. The lowest BCUT2D eigenvalue weighted by molar-refractivity contribution is 0.301. The minimum atomic E-state index is 0.291. The van der Waals surface area contributed by atoms with E-state index in [2.05, 4.69) is 15.3 Å². The lowest BCUT2D eigenvalue weighted by Crippen LogP contribution is -2.03. The van der Waals surface area contributed by atoms with E-state index in [-0.39, 0.29) is 0 Å². The topological polar surface area (TPSA) is 47.0 Å². The molecule has 0 fully saturated rings. The fourth-order valence-electron chi connectivity index (χ4n) is 1.44. The maximum atomic E-state index is 6.00. The van der Waals surface area contributed by atoms with Crippen LogP contribution in [-0.2, 0) is 6.61 Å². The molecule has 1 N–H and O–H groups in total. The summed E-state index contributed by atoms with van der Waals surface area (Å²) in [5.74, 6) is 1.28. The molecule has 19 heavy (non-hydrogen) atoms. The summed E-state index contributed by atoms with van der Waals surface area (Å²) < 4.78 is 5.56. The fraction of sp³-hybridized carbons (Fsp3) is 0.231. The number of aromatic nitrogens is 2. The smallest absolute Gasteiger partial charge is 0.144 e. The molecule has 2 rings (SSSR count). The van der Waals surface area contributed by atoms with E-state index >= 15 is 0 Å². The van der Waals surface area contributed by atoms with Crippen LogP contribution in [0.25, 0.3) is 0 Å². The Kier molecular flexibility index (Phi) is 4.82. The second-order valence-corrected chi connectivity index (χ2v) is 4.63. The largest absolute Gasteiger partial charge is 0.486 e. The molecule has 0 saturated carbocycles. The van der Waals surface area contributed by atoms with Gasteiger partial charge in [-0.1, -0.05) is 23.2 Å². The van der Waals surface area contributed by atoms with E-state index in [9.17, 15) is 0 Å². The van der Waals surface area contributed by atoms with Crippen molar-refractivity contribution >= 4 is 29.0 Å². The quantitative estimate of drug-likeness (QED) is 0.912. The van der Waals surface area contributed by atoms with Gasteiger partial charge in [-0.3, -0.25) is 4.98 Å². The molecule has 1 aromatic heterocycles. The Morgan fingerprint density at radius 3 is 2.74 bits per heavy atom. The van der Waals surface area contributed by atoms with Gasteiger partial charge in [0.15, 0.2) is 0 Å². The zero-order chi connectivity index (χ0) is 13.7. The maximum Gasteiger partial charge on any atom is 0.144 e. The number of ether oxygens (including phenoxy) is 1. The number of nitrogens with one attached hydrogen (secondary N) is 1. The van der Waals surface area contributed by atoms with Crippen LogP contribution >= 0.6 is 23.2 Å². The summed E-state index contributed by atoms with van der Waals surface area (Å²) >= 11 is 11.9. The maximum absolute atomic E-state index is 6.00. The lowest BCUT2D eigenvalue weighted by atomic mass is 10.3. The van der Waals surface area contributed by atoms with Crippen LogP contribution in [0, 0.1) is 0 Å². The molecule has 4 nitrogen and oxygen atoms in total. The Labute approximate surface area is 121 Å². The Morgan fingerprint density at radius 2 is 2.05 bits per heavy atom. The number of hydrogen-bond donors (Lipinski definition) is 1. The van der Waals surface area contributed by atoms with E-state index in [1.165, 1.54) is 0 Å². The second-order valence-electron chi connectivity index (χ2n) is 3.79. The Hall–Kier alpha value is -1.52. The van der Waals surface area contributed by atoms with Crippen molar-refractivity contribution in [2.75, 3.05) is 11.9 Å². The summed E-state index contributed by atoms with van der Waals surface area (Å²) in [6, 6.07) is 5.07. The van der Waals surface area contributed by atoms with Gasteiger partial charge in [0.2, 0.25) is 0 Å². The molecule has 2 aromatic rings. The average Bonchev–Trinajstić information content (AvgIpc) is 2.42. The molecule has 0 aliphatic rings. The van der Waals surface area contributed by atoms with Gasteiger partial charge < -0.3 is 10.1 Å². The zero-order valence-corrected chi connectivity index (χ0v) is 11.9. The van der Waals surface area contributed by atoms with E-state index in [1.807, 2.05) is 6.92 Å². The normalized spacial score (nSPS) is 10.3. The van der Waals surface area contributed by atoms with Crippen molar-refractivity contribution in [3.63, 3.8) is 0 Å². The molecule has 6 heteroatoms. The molecule has 0 saturated heterocycles. The Morgan fingerprint density at radius 1 is 1.21 bits per heavy atom. The first-order chi connectivity index (χ1) is 9.19. The summed E-state index contributed by atoms with van der Waals surface area (Å²) in [6.45, 7) is 3.10. The number of halogens is 2. The average molecular weight is 298 g/mol. The number of anilines is 1. The standard InChI is InChI=1S/C13H13Cl2N3O/c1-2-16-13-7-17-10(6-18-13)8-19-12-5-9(14)3-4-11(12)15/h3-7H,2,8H2,1H3,(H,16,18). The molecule has 0 atom stereocenters. The minimum Gasteiger partial charge on any atom is -0.486 e. The third kappa shape index (κ3) is 3.98. The predicted molar refractivity (Wildman–Crippen MR) is 77.0 cm³/mol. The summed E-state index contributed by atoms with van der Waals surface area (Å²) in [5.41, 5.74) is 0.720. The van der Waals surface area contributed by atoms with Gasteiger partial charge in [-0.05, 0) is 19.1 Å². The van der Waals surface area contributed by atoms with E-state index in [0.29, 0.717) is 22.4 Å². The van der Waals surface area contributed by atoms with Crippen LogP contribution in [0.1, 0.15) is 12.6 Å². The molecule has 0 radical (unpaired) electrons. The molecule has 0 bridgehead atoms. The predicted octanol–water partition coefficient (Wildman–Crippen LogP) is 3.79. The van der Waals surface area contributed by atoms with Gasteiger partial charge in [0.1, 0.15) is 18.2 Å². The molecule has 0 amide bonds. The van der Waals surface area contributed by atoms with E-state index in [4.69, 9.17) is 27.9 Å². The number of benzene rings is 1. The monoisotopic (exact) mass is 297 g/mol.